The SMILES string of the molecule is CCOC(=O)/C=C/C1=C(Cl)CCCC1.CCOC(=O)c1cc2c([nH]1)CCCC2.CCOC(=O)c1cc2c(n1CC(C)OCC)CCCC2.CCOC(C)Cn1c(C(=O)O)cc2c1CCCC2.CCOC(C)Cn1c(C(N)=O)cc2c1CCCC2.CCOC(CBr)OCC.O=c1[nH]ccn2c3c(cc12)CCCC3. The highest BCUT2D eigenvalue weighted by atomic mass is 79.9. The van der Waals surface area contributed by atoms with Gasteiger partial charge in [-0.1, -0.05) is 33.6 Å². The number of amides is 1. The van der Waals surface area contributed by atoms with Crippen LogP contribution in [0, 0.1) is 0 Å². The second kappa shape index (κ2) is 47.8. The molecule has 22 nitrogen and oxygen atoms in total. The maximum absolute atomic E-state index is 12.1. The van der Waals surface area contributed by atoms with Crippen molar-refractivity contribution in [3.63, 3.8) is 0 Å². The van der Waals surface area contributed by atoms with Crippen LogP contribution in [-0.2, 0) is 127 Å². The van der Waals surface area contributed by atoms with Crippen LogP contribution in [-0.4, -0.2) is 146 Å². The van der Waals surface area contributed by atoms with Crippen LogP contribution in [0.3, 0.4) is 0 Å². The first-order chi connectivity index (χ1) is 51.7. The van der Waals surface area contributed by atoms with E-state index in [2.05, 4.69) is 35.0 Å². The topological polar surface area (TPSA) is 273 Å². The minimum Gasteiger partial charge on any atom is -0.477 e. The van der Waals surface area contributed by atoms with Crippen molar-refractivity contribution in [1.82, 2.24) is 28.1 Å². The molecule has 0 saturated heterocycles. The standard InChI is InChI=1S/C16H25NO3.C14H22N2O2.C14H21NO3.C11H15ClO2.C11H12N2O.C11H15NO2.C6H13BrO2/c1-4-19-12(3)11-17-14-9-7-6-8-13(14)10-15(17)16(18)20-5-2;1-3-18-10(2)9-16-12-7-5-4-6-11(12)8-13(16)14(15)17;1-3-18-10(2)9-15-12-7-5-4-6-11(12)8-13(15)14(16)17;1-2-14-11(13)8-7-9-5-3-4-6-10(9)12;14-11-10-7-8-3-1-2-4-9(8)13(10)6-5-12-11;1-2-14-11(13)10-7-8-5-3-4-6-9(8)12-10;1-3-8-6(5-7)9-4-2/h10,12H,4-9,11H2,1-3H3;8,10H,3-7,9H2,1-2H3,(H2,15,17);8,10H,3-7,9H2,1-2H3,(H,16,17);7-8H,2-6H2,1H3;5-7H,1-4H2,(H,12,14);7,12H,2-6H2,1H3;6H,3-5H2,1-2H3/b;;;8-7+;;;. The number of carboxylic acids is 1. The summed E-state index contributed by atoms with van der Waals surface area (Å²) in [5.74, 6) is -1.93. The molecule has 6 aliphatic rings. The number of fused-ring (bicyclic) bond motifs is 7. The Morgan fingerprint density at radius 3 is 1.40 bits per heavy atom. The first kappa shape index (κ1) is 88.9. The number of aromatic carboxylic acids is 1. The number of aryl methyl sites for hydroxylation is 7. The van der Waals surface area contributed by atoms with E-state index in [-0.39, 0.29) is 54.0 Å². The summed E-state index contributed by atoms with van der Waals surface area (Å²) in [7, 11) is 0. The van der Waals surface area contributed by atoms with Gasteiger partial charge in [-0.2, -0.15) is 0 Å². The molecule has 5 N–H and O–H groups in total. The number of aromatic nitrogens is 6. The number of carbonyl (C=O) groups excluding carboxylic acids is 4. The van der Waals surface area contributed by atoms with Gasteiger partial charge in [0, 0.05) is 105 Å². The summed E-state index contributed by atoms with van der Waals surface area (Å²) in [6, 6.07) is 9.80. The number of nitrogens with one attached hydrogen (secondary N) is 2. The van der Waals surface area contributed by atoms with Gasteiger partial charge in [0.1, 0.15) is 28.3 Å². The number of hydrogen-bond acceptors (Lipinski definition) is 14. The second-order valence-electron chi connectivity index (χ2n) is 27.3. The lowest BCUT2D eigenvalue weighted by atomic mass is 9.98. The first-order valence-electron chi connectivity index (χ1n) is 39.5. The number of ether oxygens (including phenoxy) is 8. The van der Waals surface area contributed by atoms with E-state index < -0.39 is 5.97 Å². The Balaban J connectivity index is 0.000000197. The number of nitrogens with two attached hydrogens (primary N) is 1. The summed E-state index contributed by atoms with van der Waals surface area (Å²) in [5.41, 5.74) is 22.5. The molecule has 1 amide bonds. The third-order valence-electron chi connectivity index (χ3n) is 19.5. The lowest BCUT2D eigenvalue weighted by molar-refractivity contribution is -0.137. The molecule has 24 heteroatoms. The van der Waals surface area contributed by atoms with Gasteiger partial charge in [-0.25, -0.2) is 19.2 Å². The Bertz CT molecular complexity index is 3760. The second-order valence-corrected chi connectivity index (χ2v) is 28.4. The van der Waals surface area contributed by atoms with Crippen LogP contribution in [0.2, 0.25) is 0 Å². The van der Waals surface area contributed by atoms with Crippen LogP contribution in [0.1, 0.15) is 264 Å². The predicted molar refractivity (Wildman–Crippen MR) is 424 cm³/mol. The molecule has 3 atom stereocenters. The van der Waals surface area contributed by atoms with Gasteiger partial charge in [0.2, 0.25) is 0 Å². The maximum Gasteiger partial charge on any atom is 0.354 e. The third-order valence-corrected chi connectivity index (χ3v) is 20.4. The number of alkyl halides is 1. The smallest absolute Gasteiger partial charge is 0.354 e. The molecule has 0 bridgehead atoms. The summed E-state index contributed by atoms with van der Waals surface area (Å²) >= 11 is 9.29. The lowest BCUT2D eigenvalue weighted by Crippen LogP contribution is -2.24. The van der Waals surface area contributed by atoms with Crippen molar-refractivity contribution in [2.24, 2.45) is 5.73 Å². The van der Waals surface area contributed by atoms with E-state index in [1.54, 1.807) is 19.2 Å². The number of carbonyl (C=O) groups is 5. The van der Waals surface area contributed by atoms with Crippen LogP contribution < -0.4 is 11.3 Å². The van der Waals surface area contributed by atoms with E-state index in [4.69, 9.17) is 55.2 Å². The summed E-state index contributed by atoms with van der Waals surface area (Å²) in [6.07, 6.45) is 33.9. The Morgan fingerprint density at radius 1 is 0.514 bits per heavy atom. The predicted octanol–water partition coefficient (Wildman–Crippen LogP) is 15.9. The van der Waals surface area contributed by atoms with E-state index in [0.717, 1.165) is 131 Å². The van der Waals surface area contributed by atoms with E-state index in [1.807, 2.05) is 115 Å². The van der Waals surface area contributed by atoms with E-state index in [9.17, 15) is 33.9 Å². The zero-order valence-corrected chi connectivity index (χ0v) is 68.1. The molecule has 6 aromatic rings. The summed E-state index contributed by atoms with van der Waals surface area (Å²) in [5, 5.41) is 10.9. The van der Waals surface area contributed by atoms with Gasteiger partial charge < -0.3 is 76.8 Å². The van der Waals surface area contributed by atoms with E-state index in [0.29, 0.717) is 88.7 Å². The number of aromatic amines is 2. The highest BCUT2D eigenvalue weighted by molar-refractivity contribution is 9.09. The fraction of sp³-hybridized carbons (Fsp3) is 0.614. The molecular weight excluding hydrogens is 1450 g/mol. The zero-order chi connectivity index (χ0) is 77.8. The van der Waals surface area contributed by atoms with Crippen molar-refractivity contribution < 1.29 is 67.0 Å². The average Bonchev–Trinajstić information content (AvgIpc) is 1.67. The molecule has 6 aliphatic carbocycles. The largest absolute Gasteiger partial charge is 0.477 e. The lowest BCUT2D eigenvalue weighted by Gasteiger charge is -2.20. The van der Waals surface area contributed by atoms with Gasteiger partial charge >= 0.3 is 23.9 Å². The molecule has 594 valence electrons. The van der Waals surface area contributed by atoms with Crippen LogP contribution in [0.15, 0.2) is 70.3 Å². The fourth-order valence-electron chi connectivity index (χ4n) is 14.6. The van der Waals surface area contributed by atoms with Crippen molar-refractivity contribution in [2.45, 2.75) is 274 Å². The summed E-state index contributed by atoms with van der Waals surface area (Å²) < 4.78 is 50.1. The molecule has 12 rings (SSSR count). The Morgan fingerprint density at radius 2 is 0.935 bits per heavy atom. The molecular formula is C83H123BrClN7O15. The highest BCUT2D eigenvalue weighted by Gasteiger charge is 2.27. The molecule has 0 radical (unpaired) electrons. The number of carboxylic acid groups (broad SMARTS) is 1. The number of H-pyrrole nitrogens is 2. The Kier molecular flexibility index (Phi) is 39.7. The van der Waals surface area contributed by atoms with Gasteiger partial charge in [0.25, 0.3) is 11.5 Å². The molecule has 0 aromatic carbocycles. The van der Waals surface area contributed by atoms with E-state index in [1.165, 1.54) is 114 Å². The number of allylic oxidation sites excluding steroid dienone is 3. The molecule has 0 spiro atoms. The van der Waals surface area contributed by atoms with Gasteiger partial charge in [-0.05, 0) is 294 Å². The first-order valence-corrected chi connectivity index (χ1v) is 41.0. The quantitative estimate of drug-likeness (QED) is 0.0129. The summed E-state index contributed by atoms with van der Waals surface area (Å²) in [6.45, 7) is 28.1. The monoisotopic (exact) mass is 1570 g/mol. The summed E-state index contributed by atoms with van der Waals surface area (Å²) in [4.78, 5) is 74.8. The molecule has 0 saturated carbocycles. The van der Waals surface area contributed by atoms with Crippen LogP contribution in [0.4, 0.5) is 0 Å². The van der Waals surface area contributed by atoms with Crippen molar-refractivity contribution in [1.29, 1.82) is 0 Å². The Labute approximate surface area is 647 Å². The third kappa shape index (κ3) is 27.5. The van der Waals surface area contributed by atoms with Gasteiger partial charge in [-0.15, -0.1) is 0 Å². The van der Waals surface area contributed by atoms with Crippen molar-refractivity contribution in [3.05, 3.63) is 155 Å². The van der Waals surface area contributed by atoms with Crippen LogP contribution >= 0.6 is 27.5 Å². The molecule has 3 unspecified atom stereocenters. The molecule has 6 heterocycles. The zero-order valence-electron chi connectivity index (χ0n) is 65.7. The van der Waals surface area contributed by atoms with Crippen LogP contribution in [0.5, 0.6) is 0 Å². The van der Waals surface area contributed by atoms with Gasteiger partial charge in [0.15, 0.2) is 6.29 Å². The number of primary amides is 1. The number of rotatable bonds is 26. The van der Waals surface area contributed by atoms with E-state index >= 15 is 0 Å². The fourth-order valence-corrected chi connectivity index (χ4v) is 15.3. The highest BCUT2D eigenvalue weighted by Crippen LogP contribution is 2.31. The number of hydrogen-bond donors (Lipinski definition) is 4. The normalized spacial score (nSPS) is 15.6. The molecule has 0 fully saturated rings. The minimum atomic E-state index is -0.840. The molecule has 0 aliphatic heterocycles. The molecule has 6 aromatic heterocycles. The number of nitrogens with zero attached hydrogens (tertiary/aromatic N) is 4. The van der Waals surface area contributed by atoms with Crippen molar-refractivity contribution >= 4 is 62.8 Å². The number of halogens is 2. The number of esters is 3. The van der Waals surface area contributed by atoms with Crippen molar-refractivity contribution in [2.75, 3.05) is 58.2 Å². The Hall–Kier alpha value is -6.99. The van der Waals surface area contributed by atoms with Gasteiger partial charge in [0.05, 0.1) is 43.5 Å². The molecule has 107 heavy (non-hydrogen) atoms. The van der Waals surface area contributed by atoms with Crippen molar-refractivity contribution in [3.8, 4) is 0 Å². The average molecular weight is 1570 g/mol. The van der Waals surface area contributed by atoms with Crippen LogP contribution in [0.25, 0.3) is 5.52 Å². The van der Waals surface area contributed by atoms with Gasteiger partial charge in [-0.3, -0.25) is 9.59 Å². The maximum atomic E-state index is 12.1. The minimum absolute atomic E-state index is 0.0156.